The van der Waals surface area contributed by atoms with Crippen molar-refractivity contribution in [1.29, 1.82) is 0 Å². The maximum Gasteiger partial charge on any atom is 0.115 e. The summed E-state index contributed by atoms with van der Waals surface area (Å²) in [5, 5.41) is 2.70. The summed E-state index contributed by atoms with van der Waals surface area (Å²) in [4.78, 5) is 6.61. The minimum atomic E-state index is 0.636. The van der Waals surface area contributed by atoms with Crippen molar-refractivity contribution in [2.24, 2.45) is 4.99 Å². The average molecular weight is 243 g/mol. The lowest BCUT2D eigenvalue weighted by Crippen LogP contribution is -2.36. The Hall–Kier alpha value is -1.80. The molecule has 1 heterocycles. The van der Waals surface area contributed by atoms with E-state index in [-0.39, 0.29) is 0 Å². The molecule has 1 aliphatic heterocycles. The first-order valence-electron chi connectivity index (χ1n) is 5.47. The van der Waals surface area contributed by atoms with Crippen molar-refractivity contribution >= 4 is 23.5 Å². The van der Waals surface area contributed by atoms with Gasteiger partial charge in [-0.25, -0.2) is 0 Å². The van der Waals surface area contributed by atoms with E-state index in [1.165, 1.54) is 0 Å². The smallest absolute Gasteiger partial charge is 0.115 e. The summed E-state index contributed by atoms with van der Waals surface area (Å²) in [5.74, 6) is 0. The number of hydrogen-bond acceptors (Lipinski definition) is 2. The monoisotopic (exact) mass is 242 g/mol. The molecule has 0 saturated carbocycles. The number of nitrogens with zero attached hydrogens (tertiary/aromatic N) is 2. The largest absolute Gasteiger partial charge is 0.327 e. The zero-order valence-electron chi connectivity index (χ0n) is 9.18. The molecule has 0 fully saturated rings. The van der Waals surface area contributed by atoms with Crippen LogP contribution in [0.4, 0.5) is 5.69 Å². The Morgan fingerprint density at radius 3 is 2.65 bits per heavy atom. The van der Waals surface area contributed by atoms with E-state index in [4.69, 9.17) is 11.6 Å². The molecule has 0 N–H and O–H groups in total. The Morgan fingerprint density at radius 1 is 1.00 bits per heavy atom. The SMILES string of the molecule is Clc1cccc2c1=CN(c1ccccc1)CN=2. The number of fused-ring (bicyclic) bond motifs is 1. The molecule has 2 nitrogen and oxygen atoms in total. The van der Waals surface area contributed by atoms with Crippen LogP contribution in [-0.4, -0.2) is 6.67 Å². The molecular weight excluding hydrogens is 232 g/mol. The Kier molecular flexibility index (Phi) is 2.57. The molecule has 0 unspecified atom stereocenters. The molecule has 3 rings (SSSR count). The Balaban J connectivity index is 2.13. The van der Waals surface area contributed by atoms with Crippen LogP contribution in [0.15, 0.2) is 53.5 Å². The highest BCUT2D eigenvalue weighted by Gasteiger charge is 2.07. The number of rotatable bonds is 1. The van der Waals surface area contributed by atoms with Gasteiger partial charge < -0.3 is 4.90 Å². The van der Waals surface area contributed by atoms with Crippen LogP contribution in [0.3, 0.4) is 0 Å². The van der Waals surface area contributed by atoms with Crippen molar-refractivity contribution in [3.63, 3.8) is 0 Å². The van der Waals surface area contributed by atoms with Crippen LogP contribution in [0, 0.1) is 0 Å². The van der Waals surface area contributed by atoms with Gasteiger partial charge in [0.1, 0.15) is 6.67 Å². The molecule has 0 aromatic heterocycles. The summed E-state index contributed by atoms with van der Waals surface area (Å²) in [5.41, 5.74) is 1.13. The van der Waals surface area contributed by atoms with Crippen molar-refractivity contribution < 1.29 is 0 Å². The summed E-state index contributed by atoms with van der Waals surface area (Å²) in [6, 6.07) is 16.0. The van der Waals surface area contributed by atoms with Crippen molar-refractivity contribution in [2.45, 2.75) is 0 Å². The lowest BCUT2D eigenvalue weighted by Gasteiger charge is -2.20. The highest BCUT2D eigenvalue weighted by Crippen LogP contribution is 2.14. The van der Waals surface area contributed by atoms with Gasteiger partial charge in [0.2, 0.25) is 0 Å². The first-order valence-corrected chi connectivity index (χ1v) is 5.85. The number of halogens is 1. The number of hydrogen-bond donors (Lipinski definition) is 0. The fraction of sp³-hybridized carbons (Fsp3) is 0.0714. The van der Waals surface area contributed by atoms with Gasteiger partial charge in [0.05, 0.1) is 10.4 Å². The summed E-state index contributed by atoms with van der Waals surface area (Å²) in [6.07, 6.45) is 2.06. The standard InChI is InChI=1S/C14H11ClN2/c15-13-7-4-8-14-12(13)9-17(10-16-14)11-5-2-1-3-6-11/h1-9H,10H2. The molecule has 0 saturated heterocycles. The summed E-state index contributed by atoms with van der Waals surface area (Å²) in [7, 11) is 0. The molecule has 0 aliphatic carbocycles. The zero-order chi connectivity index (χ0) is 11.7. The number of para-hydroxylation sites is 1. The molecule has 0 amide bonds. The van der Waals surface area contributed by atoms with Crippen LogP contribution in [0.5, 0.6) is 0 Å². The van der Waals surface area contributed by atoms with E-state index in [0.29, 0.717) is 6.67 Å². The zero-order valence-corrected chi connectivity index (χ0v) is 9.93. The predicted molar refractivity (Wildman–Crippen MR) is 70.5 cm³/mol. The van der Waals surface area contributed by atoms with Crippen LogP contribution in [0.2, 0.25) is 5.02 Å². The molecule has 3 heteroatoms. The van der Waals surface area contributed by atoms with E-state index in [9.17, 15) is 0 Å². The first kappa shape index (κ1) is 10.4. The highest BCUT2D eigenvalue weighted by molar-refractivity contribution is 6.30. The summed E-state index contributed by atoms with van der Waals surface area (Å²) < 4.78 is 0. The van der Waals surface area contributed by atoms with Gasteiger partial charge in [-0.15, -0.1) is 0 Å². The van der Waals surface area contributed by atoms with E-state index < -0.39 is 0 Å². The highest BCUT2D eigenvalue weighted by atomic mass is 35.5. The first-order chi connectivity index (χ1) is 8.34. The Labute approximate surface area is 104 Å². The molecule has 0 spiro atoms. The number of anilines is 1. The second kappa shape index (κ2) is 4.22. The van der Waals surface area contributed by atoms with Crippen LogP contribution in [0.1, 0.15) is 0 Å². The lowest BCUT2D eigenvalue weighted by atomic mass is 10.2. The van der Waals surface area contributed by atoms with Gasteiger partial charge in [0, 0.05) is 17.1 Å². The van der Waals surface area contributed by atoms with Gasteiger partial charge in [-0.3, -0.25) is 4.99 Å². The second-order valence-corrected chi connectivity index (χ2v) is 4.31. The fourth-order valence-electron chi connectivity index (χ4n) is 1.92. The Bertz CT molecular complexity index is 650. The van der Waals surface area contributed by atoms with Gasteiger partial charge in [0.15, 0.2) is 0 Å². The molecule has 1 aliphatic rings. The van der Waals surface area contributed by atoms with Gasteiger partial charge >= 0.3 is 0 Å². The molecule has 0 bridgehead atoms. The molecule has 0 radical (unpaired) electrons. The van der Waals surface area contributed by atoms with Crippen LogP contribution < -0.4 is 15.5 Å². The molecule has 84 valence electrons. The normalized spacial score (nSPS) is 13.6. The average Bonchev–Trinajstić information content (AvgIpc) is 2.40. The summed E-state index contributed by atoms with van der Waals surface area (Å²) in [6.45, 7) is 0.636. The minimum Gasteiger partial charge on any atom is -0.327 e. The Morgan fingerprint density at radius 2 is 1.82 bits per heavy atom. The third kappa shape index (κ3) is 1.92. The number of benzene rings is 2. The van der Waals surface area contributed by atoms with Gasteiger partial charge in [-0.2, -0.15) is 0 Å². The van der Waals surface area contributed by atoms with E-state index >= 15 is 0 Å². The molecule has 0 atom stereocenters. The van der Waals surface area contributed by atoms with Crippen LogP contribution in [0.25, 0.3) is 6.20 Å². The van der Waals surface area contributed by atoms with Crippen molar-refractivity contribution in [3.05, 3.63) is 64.1 Å². The topological polar surface area (TPSA) is 15.6 Å². The quantitative estimate of drug-likeness (QED) is 0.749. The van der Waals surface area contributed by atoms with Crippen LogP contribution >= 0.6 is 11.6 Å². The summed E-state index contributed by atoms with van der Waals surface area (Å²) >= 11 is 6.18. The molecule has 2 aromatic carbocycles. The van der Waals surface area contributed by atoms with Crippen molar-refractivity contribution in [1.82, 2.24) is 0 Å². The van der Waals surface area contributed by atoms with Gasteiger partial charge in [-0.05, 0) is 24.3 Å². The molecule has 2 aromatic rings. The fourth-order valence-corrected chi connectivity index (χ4v) is 2.13. The molecular formula is C14H11ClN2. The minimum absolute atomic E-state index is 0.636. The van der Waals surface area contributed by atoms with Crippen molar-refractivity contribution in [2.75, 3.05) is 11.6 Å². The maximum atomic E-state index is 6.18. The van der Waals surface area contributed by atoms with E-state index in [0.717, 1.165) is 21.3 Å². The van der Waals surface area contributed by atoms with Gasteiger partial charge in [0.25, 0.3) is 0 Å². The van der Waals surface area contributed by atoms with Crippen molar-refractivity contribution in [3.8, 4) is 0 Å². The third-order valence-electron chi connectivity index (χ3n) is 2.80. The molecule has 17 heavy (non-hydrogen) atoms. The second-order valence-electron chi connectivity index (χ2n) is 3.91. The predicted octanol–water partition coefficient (Wildman–Crippen LogP) is 2.18. The van der Waals surface area contributed by atoms with Crippen LogP contribution in [-0.2, 0) is 0 Å². The maximum absolute atomic E-state index is 6.18. The van der Waals surface area contributed by atoms with E-state index in [2.05, 4.69) is 28.2 Å². The lowest BCUT2D eigenvalue weighted by molar-refractivity contribution is 0.939. The third-order valence-corrected chi connectivity index (χ3v) is 3.13. The van der Waals surface area contributed by atoms with E-state index in [1.54, 1.807) is 0 Å². The van der Waals surface area contributed by atoms with E-state index in [1.807, 2.05) is 36.4 Å². The van der Waals surface area contributed by atoms with Gasteiger partial charge in [-0.1, -0.05) is 35.9 Å².